The maximum absolute atomic E-state index is 11.8. The first-order chi connectivity index (χ1) is 10.1. The Bertz CT molecular complexity index is 439. The zero-order valence-corrected chi connectivity index (χ0v) is 13.0. The number of nitrogens with zero attached hydrogens (tertiary/aromatic N) is 2. The Balaban J connectivity index is 1.60. The number of carbonyl (C=O) groups excluding carboxylic acids is 1. The van der Waals surface area contributed by atoms with Crippen molar-refractivity contribution >= 4 is 11.7 Å². The fraction of sp³-hybridized carbons (Fsp3) is 0.733. The van der Waals surface area contributed by atoms with Crippen molar-refractivity contribution in [3.8, 4) is 0 Å². The average molecular weight is 294 g/mol. The summed E-state index contributed by atoms with van der Waals surface area (Å²) in [7, 11) is 0. The van der Waals surface area contributed by atoms with Gasteiger partial charge in [-0.2, -0.15) is 5.10 Å². The van der Waals surface area contributed by atoms with Gasteiger partial charge in [-0.15, -0.1) is 0 Å². The summed E-state index contributed by atoms with van der Waals surface area (Å²) in [5.74, 6) is 0. The van der Waals surface area contributed by atoms with Gasteiger partial charge in [-0.3, -0.25) is 4.68 Å². The van der Waals surface area contributed by atoms with Gasteiger partial charge in [-0.05, 0) is 46.0 Å². The quantitative estimate of drug-likeness (QED) is 0.793. The molecular weight excluding hydrogens is 268 g/mol. The minimum atomic E-state index is -0.178. The lowest BCUT2D eigenvalue weighted by molar-refractivity contribution is 0.0103. The molecular formula is C15H26N4O2. The fourth-order valence-corrected chi connectivity index (χ4v) is 2.43. The summed E-state index contributed by atoms with van der Waals surface area (Å²) in [5.41, 5.74) is 0.719. The lowest BCUT2D eigenvalue weighted by Crippen LogP contribution is -2.30. The van der Waals surface area contributed by atoms with E-state index in [2.05, 4.69) is 15.7 Å². The minimum Gasteiger partial charge on any atom is -0.378 e. The van der Waals surface area contributed by atoms with Gasteiger partial charge in [0, 0.05) is 25.4 Å². The summed E-state index contributed by atoms with van der Waals surface area (Å²) in [4.78, 5) is 11.8. The van der Waals surface area contributed by atoms with Crippen LogP contribution >= 0.6 is 0 Å². The van der Waals surface area contributed by atoms with Crippen LogP contribution in [0.2, 0.25) is 0 Å². The zero-order chi connectivity index (χ0) is 15.1. The van der Waals surface area contributed by atoms with Crippen LogP contribution in [0.15, 0.2) is 12.4 Å². The van der Waals surface area contributed by atoms with Gasteiger partial charge >= 0.3 is 6.03 Å². The summed E-state index contributed by atoms with van der Waals surface area (Å²) >= 11 is 0. The standard InChI is InChI=1S/C15H26N4O2/c1-12(2)19-11-13(10-17-19)18-15(20)16-8-5-7-14-6-3-4-9-21-14/h10-12,14H,3-9H2,1-2H3,(H2,16,18,20)/t14-/m0/s1. The highest BCUT2D eigenvalue weighted by molar-refractivity contribution is 5.88. The van der Waals surface area contributed by atoms with Gasteiger partial charge in [0.15, 0.2) is 0 Å². The normalized spacial score (nSPS) is 18.7. The number of rotatable bonds is 6. The van der Waals surface area contributed by atoms with E-state index in [9.17, 15) is 4.79 Å². The number of hydrogen-bond donors (Lipinski definition) is 2. The molecule has 2 rings (SSSR count). The second-order valence-electron chi connectivity index (χ2n) is 5.81. The number of hydrogen-bond acceptors (Lipinski definition) is 3. The van der Waals surface area contributed by atoms with Crippen molar-refractivity contribution in [1.82, 2.24) is 15.1 Å². The third-order valence-corrected chi connectivity index (χ3v) is 3.65. The van der Waals surface area contributed by atoms with Crippen molar-refractivity contribution < 1.29 is 9.53 Å². The van der Waals surface area contributed by atoms with Crippen molar-refractivity contribution in [3.05, 3.63) is 12.4 Å². The molecule has 1 aliphatic heterocycles. The number of aromatic nitrogens is 2. The maximum atomic E-state index is 11.8. The molecule has 1 atom stereocenters. The molecule has 2 heterocycles. The molecule has 0 radical (unpaired) electrons. The molecule has 1 saturated heterocycles. The van der Waals surface area contributed by atoms with Crippen molar-refractivity contribution in [3.63, 3.8) is 0 Å². The molecule has 6 heteroatoms. The first-order valence-electron chi connectivity index (χ1n) is 7.86. The summed E-state index contributed by atoms with van der Waals surface area (Å²) in [6.07, 6.45) is 9.44. The molecule has 0 spiro atoms. The van der Waals surface area contributed by atoms with Gasteiger partial charge in [0.2, 0.25) is 0 Å². The lowest BCUT2D eigenvalue weighted by Gasteiger charge is -2.22. The number of carbonyl (C=O) groups is 1. The number of urea groups is 1. The smallest absolute Gasteiger partial charge is 0.319 e. The molecule has 0 bridgehead atoms. The van der Waals surface area contributed by atoms with E-state index in [1.807, 2.05) is 24.7 Å². The number of anilines is 1. The first-order valence-corrected chi connectivity index (χ1v) is 7.86. The van der Waals surface area contributed by atoms with Crippen LogP contribution in [0.5, 0.6) is 0 Å². The number of ether oxygens (including phenoxy) is 1. The number of nitrogens with one attached hydrogen (secondary N) is 2. The minimum absolute atomic E-state index is 0.178. The van der Waals surface area contributed by atoms with Gasteiger partial charge in [0.05, 0.1) is 18.0 Å². The molecule has 0 saturated carbocycles. The van der Waals surface area contributed by atoms with Gasteiger partial charge < -0.3 is 15.4 Å². The van der Waals surface area contributed by atoms with E-state index in [1.165, 1.54) is 12.8 Å². The van der Waals surface area contributed by atoms with Crippen LogP contribution in [0.1, 0.15) is 52.0 Å². The number of amides is 2. The Hall–Kier alpha value is -1.56. The van der Waals surface area contributed by atoms with E-state index in [-0.39, 0.29) is 6.03 Å². The Morgan fingerprint density at radius 1 is 1.52 bits per heavy atom. The molecule has 1 aliphatic rings. The first kappa shape index (κ1) is 15.8. The largest absolute Gasteiger partial charge is 0.378 e. The second-order valence-corrected chi connectivity index (χ2v) is 5.81. The summed E-state index contributed by atoms with van der Waals surface area (Å²) < 4.78 is 7.48. The second kappa shape index (κ2) is 8.02. The molecule has 1 fully saturated rings. The summed E-state index contributed by atoms with van der Waals surface area (Å²) in [5, 5.41) is 9.84. The average Bonchev–Trinajstić information content (AvgIpc) is 2.93. The van der Waals surface area contributed by atoms with Crippen molar-refractivity contribution in [2.75, 3.05) is 18.5 Å². The van der Waals surface area contributed by atoms with Crippen molar-refractivity contribution in [2.24, 2.45) is 0 Å². The Labute approximate surface area is 126 Å². The molecule has 1 aromatic heterocycles. The molecule has 0 aliphatic carbocycles. The topological polar surface area (TPSA) is 68.2 Å². The third-order valence-electron chi connectivity index (χ3n) is 3.65. The van der Waals surface area contributed by atoms with Gasteiger partial charge in [0.1, 0.15) is 0 Å². The molecule has 6 nitrogen and oxygen atoms in total. The van der Waals surface area contributed by atoms with Gasteiger partial charge in [-0.1, -0.05) is 0 Å². The van der Waals surface area contributed by atoms with Crippen LogP contribution in [-0.4, -0.2) is 35.1 Å². The van der Waals surface area contributed by atoms with Crippen LogP contribution in [0, 0.1) is 0 Å². The predicted molar refractivity (Wildman–Crippen MR) is 82.5 cm³/mol. The van der Waals surface area contributed by atoms with Gasteiger partial charge in [0.25, 0.3) is 0 Å². The van der Waals surface area contributed by atoms with E-state index >= 15 is 0 Å². The Kier molecular flexibility index (Phi) is 6.04. The molecule has 2 N–H and O–H groups in total. The summed E-state index contributed by atoms with van der Waals surface area (Å²) in [6.45, 7) is 5.65. The highest BCUT2D eigenvalue weighted by atomic mass is 16.5. The van der Waals surface area contributed by atoms with Crippen LogP contribution in [0.4, 0.5) is 10.5 Å². The molecule has 0 unspecified atom stereocenters. The molecule has 0 aromatic carbocycles. The van der Waals surface area contributed by atoms with Crippen LogP contribution in [-0.2, 0) is 4.74 Å². The maximum Gasteiger partial charge on any atom is 0.319 e. The van der Waals surface area contributed by atoms with Crippen LogP contribution in [0.3, 0.4) is 0 Å². The zero-order valence-electron chi connectivity index (χ0n) is 13.0. The van der Waals surface area contributed by atoms with Crippen molar-refractivity contribution in [1.29, 1.82) is 0 Å². The fourth-order valence-electron chi connectivity index (χ4n) is 2.43. The summed E-state index contributed by atoms with van der Waals surface area (Å²) in [6, 6.07) is 0.113. The van der Waals surface area contributed by atoms with Crippen LogP contribution < -0.4 is 10.6 Å². The van der Waals surface area contributed by atoms with Crippen molar-refractivity contribution in [2.45, 2.75) is 58.1 Å². The monoisotopic (exact) mass is 294 g/mol. The highest BCUT2D eigenvalue weighted by Gasteiger charge is 2.13. The third kappa shape index (κ3) is 5.38. The Morgan fingerprint density at radius 2 is 2.38 bits per heavy atom. The Morgan fingerprint density at radius 3 is 3.05 bits per heavy atom. The van der Waals surface area contributed by atoms with E-state index in [1.54, 1.807) is 6.20 Å². The highest BCUT2D eigenvalue weighted by Crippen LogP contribution is 2.16. The molecule has 21 heavy (non-hydrogen) atoms. The van der Waals surface area contributed by atoms with E-state index in [0.29, 0.717) is 18.7 Å². The van der Waals surface area contributed by atoms with E-state index in [4.69, 9.17) is 4.74 Å². The molecule has 118 valence electrons. The van der Waals surface area contributed by atoms with E-state index in [0.717, 1.165) is 31.6 Å². The SMILES string of the molecule is CC(C)n1cc(NC(=O)NCCC[C@@H]2CCCCO2)cn1. The molecule has 2 amide bonds. The predicted octanol–water partition coefficient (Wildman–Crippen LogP) is 2.93. The lowest BCUT2D eigenvalue weighted by atomic mass is 10.0. The molecule has 1 aromatic rings. The van der Waals surface area contributed by atoms with Gasteiger partial charge in [-0.25, -0.2) is 4.79 Å². The van der Waals surface area contributed by atoms with Crippen LogP contribution in [0.25, 0.3) is 0 Å². The van der Waals surface area contributed by atoms with E-state index < -0.39 is 0 Å².